The lowest BCUT2D eigenvalue weighted by atomic mass is 9.73. The van der Waals surface area contributed by atoms with E-state index in [-0.39, 0.29) is 11.5 Å². The van der Waals surface area contributed by atoms with Gasteiger partial charge >= 0.3 is 0 Å². The Labute approximate surface area is 197 Å². The maximum atomic E-state index is 6.75. The molecule has 2 N–H and O–H groups in total. The van der Waals surface area contributed by atoms with Gasteiger partial charge in [-0.1, -0.05) is 6.07 Å². The molecule has 2 aliphatic rings. The summed E-state index contributed by atoms with van der Waals surface area (Å²) < 4.78 is 2.04. The van der Waals surface area contributed by atoms with Crippen LogP contribution in [-0.4, -0.2) is 39.4 Å². The highest BCUT2D eigenvalue weighted by Gasteiger charge is 2.46. The predicted octanol–water partition coefficient (Wildman–Crippen LogP) is 4.20. The summed E-state index contributed by atoms with van der Waals surface area (Å²) in [5.41, 5.74) is 12.3. The van der Waals surface area contributed by atoms with Gasteiger partial charge in [-0.05, 0) is 68.1 Å². The van der Waals surface area contributed by atoms with Crippen molar-refractivity contribution in [1.82, 2.24) is 19.6 Å². The highest BCUT2D eigenvalue weighted by molar-refractivity contribution is 7.15. The van der Waals surface area contributed by atoms with Gasteiger partial charge in [-0.25, -0.2) is 9.50 Å². The van der Waals surface area contributed by atoms with Crippen molar-refractivity contribution in [2.75, 3.05) is 18.0 Å². The van der Waals surface area contributed by atoms with Crippen molar-refractivity contribution in [3.05, 3.63) is 64.6 Å². The van der Waals surface area contributed by atoms with Crippen LogP contribution in [0.15, 0.2) is 47.7 Å². The van der Waals surface area contributed by atoms with Crippen LogP contribution in [0.25, 0.3) is 16.1 Å². The molecule has 1 atom stereocenters. The number of thiophene rings is 1. The fourth-order valence-corrected chi connectivity index (χ4v) is 6.64. The number of aryl methyl sites for hydroxylation is 1. The first-order valence-corrected chi connectivity index (χ1v) is 12.2. The Morgan fingerprint density at radius 3 is 2.85 bits per heavy atom. The van der Waals surface area contributed by atoms with Crippen LogP contribution in [0.1, 0.15) is 40.7 Å². The summed E-state index contributed by atoms with van der Waals surface area (Å²) in [5.74, 6) is 1.01. The SMILES string of the molecule is C=NCc1ccc(-c2c(C)nc(N3CCC4(CC3)Cc3ncccc3[C@H]4N)c3ccnn23)s1. The molecule has 33 heavy (non-hydrogen) atoms. The van der Waals surface area contributed by atoms with Crippen molar-refractivity contribution in [1.29, 1.82) is 0 Å². The highest BCUT2D eigenvalue weighted by Crippen LogP contribution is 2.50. The monoisotopic (exact) mass is 457 g/mol. The molecule has 6 rings (SSSR count). The van der Waals surface area contributed by atoms with E-state index in [1.807, 2.05) is 23.0 Å². The lowest BCUT2D eigenvalue weighted by molar-refractivity contribution is 0.187. The van der Waals surface area contributed by atoms with Crippen LogP contribution in [0.4, 0.5) is 5.82 Å². The van der Waals surface area contributed by atoms with Crippen molar-refractivity contribution in [3.8, 4) is 10.6 Å². The predicted molar refractivity (Wildman–Crippen MR) is 133 cm³/mol. The van der Waals surface area contributed by atoms with Crippen molar-refractivity contribution >= 4 is 29.4 Å². The molecule has 0 amide bonds. The Morgan fingerprint density at radius 2 is 2.06 bits per heavy atom. The average Bonchev–Trinajstić information content (AvgIpc) is 3.54. The number of hydrogen-bond donors (Lipinski definition) is 1. The second-order valence-electron chi connectivity index (χ2n) is 9.19. The summed E-state index contributed by atoms with van der Waals surface area (Å²) in [7, 11) is 0. The molecule has 5 heterocycles. The van der Waals surface area contributed by atoms with E-state index in [0.717, 1.165) is 60.0 Å². The molecule has 1 aliphatic heterocycles. The maximum Gasteiger partial charge on any atom is 0.155 e. The van der Waals surface area contributed by atoms with Crippen molar-refractivity contribution in [2.24, 2.45) is 16.1 Å². The number of anilines is 1. The zero-order valence-corrected chi connectivity index (χ0v) is 19.6. The van der Waals surface area contributed by atoms with Crippen molar-refractivity contribution in [3.63, 3.8) is 0 Å². The van der Waals surface area contributed by atoms with Gasteiger partial charge in [0.25, 0.3) is 0 Å². The van der Waals surface area contributed by atoms with E-state index in [9.17, 15) is 0 Å². The number of nitrogens with zero attached hydrogens (tertiary/aromatic N) is 6. The van der Waals surface area contributed by atoms with E-state index in [2.05, 4.69) is 57.9 Å². The number of aromatic nitrogens is 4. The summed E-state index contributed by atoms with van der Waals surface area (Å²) in [4.78, 5) is 18.5. The van der Waals surface area contributed by atoms with Gasteiger partial charge in [0.1, 0.15) is 11.2 Å². The molecule has 168 valence electrons. The Kier molecular flexibility index (Phi) is 4.81. The summed E-state index contributed by atoms with van der Waals surface area (Å²) in [6, 6.07) is 10.5. The lowest BCUT2D eigenvalue weighted by Gasteiger charge is -2.42. The lowest BCUT2D eigenvalue weighted by Crippen LogP contribution is -2.44. The van der Waals surface area contributed by atoms with Crippen LogP contribution in [0, 0.1) is 12.3 Å². The molecule has 0 saturated carbocycles. The third-order valence-corrected chi connectivity index (χ3v) is 8.44. The first kappa shape index (κ1) is 20.5. The van der Waals surface area contributed by atoms with Gasteiger partial charge in [0.15, 0.2) is 5.82 Å². The Hall–Kier alpha value is -3.10. The average molecular weight is 458 g/mol. The van der Waals surface area contributed by atoms with Gasteiger partial charge in [0, 0.05) is 35.9 Å². The molecule has 7 nitrogen and oxygen atoms in total. The molecule has 4 aromatic heterocycles. The van der Waals surface area contributed by atoms with E-state index in [1.54, 1.807) is 11.3 Å². The van der Waals surface area contributed by atoms with Crippen LogP contribution in [0.2, 0.25) is 0 Å². The molecule has 1 fully saturated rings. The molecule has 0 radical (unpaired) electrons. The van der Waals surface area contributed by atoms with Gasteiger partial charge in [0.2, 0.25) is 0 Å². The van der Waals surface area contributed by atoms with Gasteiger partial charge in [-0.2, -0.15) is 5.10 Å². The van der Waals surface area contributed by atoms with E-state index in [1.165, 1.54) is 16.1 Å². The standard InChI is InChI=1S/C25H27N7S/c1-16-22(21-6-5-17(33-21)15-27-2)32-20(7-11-29-32)24(30-16)31-12-8-25(9-13-31)14-19-18(23(25)26)4-3-10-28-19/h3-7,10-11,23H,2,8-9,12-15,26H2,1H3/t23-/m1/s1. The van der Waals surface area contributed by atoms with Gasteiger partial charge in [0.05, 0.1) is 23.3 Å². The third kappa shape index (κ3) is 3.20. The quantitative estimate of drug-likeness (QED) is 0.464. The number of nitrogens with two attached hydrogens (primary N) is 1. The second kappa shape index (κ2) is 7.74. The zero-order valence-electron chi connectivity index (χ0n) is 18.7. The molecule has 0 unspecified atom stereocenters. The first-order valence-electron chi connectivity index (χ1n) is 11.4. The largest absolute Gasteiger partial charge is 0.355 e. The van der Waals surface area contributed by atoms with Crippen LogP contribution >= 0.6 is 11.3 Å². The van der Waals surface area contributed by atoms with Gasteiger partial charge in [-0.3, -0.25) is 9.98 Å². The topological polar surface area (TPSA) is 84.7 Å². The number of pyridine rings is 1. The molecule has 0 aromatic carbocycles. The van der Waals surface area contributed by atoms with Gasteiger partial charge in [-0.15, -0.1) is 11.3 Å². The maximum absolute atomic E-state index is 6.75. The van der Waals surface area contributed by atoms with E-state index in [0.29, 0.717) is 6.54 Å². The minimum Gasteiger partial charge on any atom is -0.355 e. The zero-order chi connectivity index (χ0) is 22.6. The number of rotatable bonds is 4. The summed E-state index contributed by atoms with van der Waals surface area (Å²) in [6.07, 6.45) is 6.80. The van der Waals surface area contributed by atoms with Crippen LogP contribution in [-0.2, 0) is 13.0 Å². The van der Waals surface area contributed by atoms with Crippen LogP contribution < -0.4 is 10.6 Å². The molecule has 1 spiro atoms. The summed E-state index contributed by atoms with van der Waals surface area (Å²) >= 11 is 1.72. The summed E-state index contributed by atoms with van der Waals surface area (Å²) in [6.45, 7) is 8.19. The van der Waals surface area contributed by atoms with E-state index in [4.69, 9.17) is 10.7 Å². The molecule has 1 aliphatic carbocycles. The van der Waals surface area contributed by atoms with E-state index < -0.39 is 0 Å². The number of fused-ring (bicyclic) bond motifs is 2. The Balaban J connectivity index is 1.31. The minimum absolute atomic E-state index is 0.0634. The van der Waals surface area contributed by atoms with Gasteiger partial charge < -0.3 is 10.6 Å². The Bertz CT molecular complexity index is 1350. The smallest absolute Gasteiger partial charge is 0.155 e. The fraction of sp³-hybridized carbons (Fsp3) is 0.360. The normalized spacial score (nSPS) is 19.3. The van der Waals surface area contributed by atoms with E-state index >= 15 is 0 Å². The number of piperidine rings is 1. The molecule has 0 bridgehead atoms. The second-order valence-corrected chi connectivity index (χ2v) is 10.4. The van der Waals surface area contributed by atoms with Crippen LogP contribution in [0.3, 0.4) is 0 Å². The molecule has 8 heteroatoms. The number of hydrogen-bond acceptors (Lipinski definition) is 7. The number of aliphatic imine (C=N–C) groups is 1. The molecular weight excluding hydrogens is 430 g/mol. The first-order chi connectivity index (χ1) is 16.1. The molecular formula is C25H27N7S. The van der Waals surface area contributed by atoms with Crippen molar-refractivity contribution in [2.45, 2.75) is 38.8 Å². The molecule has 1 saturated heterocycles. The minimum atomic E-state index is 0.0634. The Morgan fingerprint density at radius 1 is 1.21 bits per heavy atom. The highest BCUT2D eigenvalue weighted by atomic mass is 32.1. The summed E-state index contributed by atoms with van der Waals surface area (Å²) in [5, 5.41) is 4.67. The van der Waals surface area contributed by atoms with Crippen molar-refractivity contribution < 1.29 is 0 Å². The fourth-order valence-electron chi connectivity index (χ4n) is 5.60. The van der Waals surface area contributed by atoms with Crippen LogP contribution in [0.5, 0.6) is 0 Å². The third-order valence-electron chi connectivity index (χ3n) is 7.36. The molecule has 4 aromatic rings.